The smallest absolute Gasteiger partial charge is 0.264 e. The Bertz CT molecular complexity index is 1180. The van der Waals surface area contributed by atoms with Gasteiger partial charge in [0, 0.05) is 11.4 Å². The first-order valence-corrected chi connectivity index (χ1v) is 11.6. The molecule has 0 fully saturated rings. The molecule has 6 nitrogen and oxygen atoms in total. The molecular weight excluding hydrogens is 443 g/mol. The lowest BCUT2D eigenvalue weighted by Gasteiger charge is -2.12. The minimum Gasteiger partial charge on any atom is -0.280 e. The number of para-hydroxylation sites is 1. The number of anilines is 2. The van der Waals surface area contributed by atoms with E-state index in [2.05, 4.69) is 9.44 Å². The van der Waals surface area contributed by atoms with Crippen LogP contribution in [0.3, 0.4) is 0 Å². The summed E-state index contributed by atoms with van der Waals surface area (Å²) in [7, 11) is -7.86. The Labute approximate surface area is 173 Å². The predicted molar refractivity (Wildman–Crippen MR) is 111 cm³/mol. The summed E-state index contributed by atoms with van der Waals surface area (Å²) in [6.45, 7) is 0. The third-order valence-electron chi connectivity index (χ3n) is 3.63. The lowest BCUT2D eigenvalue weighted by molar-refractivity contribution is 0.600. The third-order valence-corrected chi connectivity index (χ3v) is 7.36. The van der Waals surface area contributed by atoms with Crippen LogP contribution < -0.4 is 9.44 Å². The summed E-state index contributed by atoms with van der Waals surface area (Å²) in [6, 6.07) is 18.0. The average Bonchev–Trinajstić information content (AvgIpc) is 2.62. The van der Waals surface area contributed by atoms with Crippen LogP contribution >= 0.6 is 23.2 Å². The molecule has 0 saturated heterocycles. The lowest BCUT2D eigenvalue weighted by atomic mass is 10.3. The molecule has 0 unspecified atom stereocenters. The van der Waals surface area contributed by atoms with Crippen LogP contribution in [0.2, 0.25) is 10.0 Å². The van der Waals surface area contributed by atoms with Gasteiger partial charge in [-0.05, 0) is 48.5 Å². The zero-order valence-corrected chi connectivity index (χ0v) is 17.3. The predicted octanol–water partition coefficient (Wildman–Crippen LogP) is 4.60. The van der Waals surface area contributed by atoms with E-state index in [0.717, 1.165) is 0 Å². The molecule has 2 N–H and O–H groups in total. The molecule has 0 aliphatic rings. The van der Waals surface area contributed by atoms with Crippen LogP contribution in [0.15, 0.2) is 82.6 Å². The highest BCUT2D eigenvalue weighted by molar-refractivity contribution is 7.93. The van der Waals surface area contributed by atoms with Crippen molar-refractivity contribution in [2.45, 2.75) is 9.79 Å². The van der Waals surface area contributed by atoms with Crippen LogP contribution in [0.25, 0.3) is 0 Å². The van der Waals surface area contributed by atoms with E-state index in [1.54, 1.807) is 30.3 Å². The van der Waals surface area contributed by atoms with Crippen LogP contribution in [-0.4, -0.2) is 16.8 Å². The second-order valence-corrected chi connectivity index (χ2v) is 9.77. The highest BCUT2D eigenvalue weighted by Crippen LogP contribution is 2.30. The molecule has 0 radical (unpaired) electrons. The molecule has 10 heteroatoms. The Morgan fingerprint density at radius 1 is 0.571 bits per heavy atom. The maximum Gasteiger partial charge on any atom is 0.264 e. The molecule has 0 aliphatic carbocycles. The van der Waals surface area contributed by atoms with Crippen LogP contribution in [0.4, 0.5) is 11.4 Å². The standard InChI is InChI=1S/C18H14Cl2N2O4S2/c19-16-7-4-8-17(20)18(16)28(25,26)22-14-9-11-15(12-10-14)27(23,24)21-13-5-2-1-3-6-13/h1-12,21-22H. The van der Waals surface area contributed by atoms with Gasteiger partial charge in [0.1, 0.15) is 4.90 Å². The van der Waals surface area contributed by atoms with Gasteiger partial charge in [-0.15, -0.1) is 0 Å². The Balaban J connectivity index is 1.83. The first-order chi connectivity index (χ1) is 13.2. The van der Waals surface area contributed by atoms with Gasteiger partial charge in [0.2, 0.25) is 0 Å². The van der Waals surface area contributed by atoms with E-state index in [1.165, 1.54) is 42.5 Å². The Kier molecular flexibility index (Phi) is 5.85. The number of benzene rings is 3. The molecule has 0 heterocycles. The maximum absolute atomic E-state index is 12.6. The molecule has 3 aromatic carbocycles. The van der Waals surface area contributed by atoms with Crippen molar-refractivity contribution >= 4 is 54.6 Å². The Morgan fingerprint density at radius 3 is 1.64 bits per heavy atom. The zero-order valence-electron chi connectivity index (χ0n) is 14.1. The van der Waals surface area contributed by atoms with Crippen LogP contribution in [0.5, 0.6) is 0 Å². The van der Waals surface area contributed by atoms with Crippen molar-refractivity contribution in [3.05, 3.63) is 82.8 Å². The molecule has 0 aliphatic heterocycles. The molecule has 0 aromatic heterocycles. The SMILES string of the molecule is O=S(=O)(Nc1ccccc1)c1ccc(NS(=O)(=O)c2c(Cl)cccc2Cl)cc1. The van der Waals surface area contributed by atoms with Gasteiger partial charge in [-0.1, -0.05) is 47.5 Å². The maximum atomic E-state index is 12.6. The summed E-state index contributed by atoms with van der Waals surface area (Å²) >= 11 is 11.9. The normalized spacial score (nSPS) is 11.8. The van der Waals surface area contributed by atoms with Crippen molar-refractivity contribution in [1.82, 2.24) is 0 Å². The molecular formula is C18H14Cl2N2O4S2. The summed E-state index contributed by atoms with van der Waals surface area (Å²) in [6.07, 6.45) is 0. The number of rotatable bonds is 6. The fraction of sp³-hybridized carbons (Fsp3) is 0. The molecule has 0 saturated carbocycles. The largest absolute Gasteiger partial charge is 0.280 e. The number of nitrogens with one attached hydrogen (secondary N) is 2. The van der Waals surface area contributed by atoms with E-state index in [9.17, 15) is 16.8 Å². The Hall–Kier alpha value is -2.26. The average molecular weight is 457 g/mol. The summed E-state index contributed by atoms with van der Waals surface area (Å²) in [5.41, 5.74) is 0.579. The minimum atomic E-state index is -4.05. The van der Waals surface area contributed by atoms with Gasteiger partial charge in [0.25, 0.3) is 20.0 Å². The summed E-state index contributed by atoms with van der Waals surface area (Å²) in [5.74, 6) is 0. The topological polar surface area (TPSA) is 92.3 Å². The number of halogens is 2. The fourth-order valence-corrected chi connectivity index (χ4v) is 5.63. The molecule has 0 atom stereocenters. The van der Waals surface area contributed by atoms with Gasteiger partial charge >= 0.3 is 0 Å². The van der Waals surface area contributed by atoms with E-state index in [0.29, 0.717) is 5.69 Å². The van der Waals surface area contributed by atoms with Gasteiger partial charge in [0.05, 0.1) is 14.9 Å². The monoisotopic (exact) mass is 456 g/mol. The first kappa shape index (κ1) is 20.5. The van der Waals surface area contributed by atoms with Crippen molar-refractivity contribution in [2.24, 2.45) is 0 Å². The zero-order chi connectivity index (χ0) is 20.4. The summed E-state index contributed by atoms with van der Waals surface area (Å²) in [5, 5.41) is -0.0440. The van der Waals surface area contributed by atoms with Crippen molar-refractivity contribution in [3.63, 3.8) is 0 Å². The van der Waals surface area contributed by atoms with E-state index < -0.39 is 20.0 Å². The minimum absolute atomic E-state index is 0.0184. The summed E-state index contributed by atoms with van der Waals surface area (Å²) in [4.78, 5) is -0.268. The second kappa shape index (κ2) is 8.00. The first-order valence-electron chi connectivity index (χ1n) is 7.84. The van der Waals surface area contributed by atoms with E-state index >= 15 is 0 Å². The summed E-state index contributed by atoms with van der Waals surface area (Å²) < 4.78 is 54.7. The molecule has 3 rings (SSSR count). The fourth-order valence-electron chi connectivity index (χ4n) is 2.37. The highest BCUT2D eigenvalue weighted by Gasteiger charge is 2.22. The van der Waals surface area contributed by atoms with E-state index in [-0.39, 0.29) is 25.5 Å². The van der Waals surface area contributed by atoms with Gasteiger partial charge in [-0.3, -0.25) is 9.44 Å². The quantitative estimate of drug-likeness (QED) is 0.566. The van der Waals surface area contributed by atoms with E-state index in [1.807, 2.05) is 0 Å². The molecule has 0 amide bonds. The van der Waals surface area contributed by atoms with Gasteiger partial charge in [0.15, 0.2) is 0 Å². The van der Waals surface area contributed by atoms with Crippen LogP contribution in [-0.2, 0) is 20.0 Å². The van der Waals surface area contributed by atoms with Gasteiger partial charge < -0.3 is 0 Å². The molecule has 28 heavy (non-hydrogen) atoms. The highest BCUT2D eigenvalue weighted by atomic mass is 35.5. The van der Waals surface area contributed by atoms with Crippen molar-refractivity contribution in [2.75, 3.05) is 9.44 Å². The molecule has 3 aromatic rings. The molecule has 0 bridgehead atoms. The van der Waals surface area contributed by atoms with Crippen LogP contribution in [0.1, 0.15) is 0 Å². The van der Waals surface area contributed by atoms with Gasteiger partial charge in [-0.25, -0.2) is 16.8 Å². The van der Waals surface area contributed by atoms with Crippen molar-refractivity contribution in [1.29, 1.82) is 0 Å². The van der Waals surface area contributed by atoms with Gasteiger partial charge in [-0.2, -0.15) is 0 Å². The van der Waals surface area contributed by atoms with Crippen molar-refractivity contribution < 1.29 is 16.8 Å². The molecule has 0 spiro atoms. The van der Waals surface area contributed by atoms with Crippen molar-refractivity contribution in [3.8, 4) is 0 Å². The number of hydrogen-bond acceptors (Lipinski definition) is 4. The molecule has 146 valence electrons. The van der Waals surface area contributed by atoms with Crippen LogP contribution in [0, 0.1) is 0 Å². The van der Waals surface area contributed by atoms with E-state index in [4.69, 9.17) is 23.2 Å². The second-order valence-electron chi connectivity index (χ2n) is 5.65. The Morgan fingerprint density at radius 2 is 1.07 bits per heavy atom. The number of sulfonamides is 2. The number of hydrogen-bond donors (Lipinski definition) is 2. The lowest BCUT2D eigenvalue weighted by Crippen LogP contribution is -2.15. The third kappa shape index (κ3) is 4.59.